The molecule has 6 nitrogen and oxygen atoms in total. The highest BCUT2D eigenvalue weighted by molar-refractivity contribution is 7.32. The van der Waals surface area contributed by atoms with E-state index in [1.807, 2.05) is 18.2 Å². The fourth-order valence-corrected chi connectivity index (χ4v) is 4.29. The van der Waals surface area contributed by atoms with Crippen molar-refractivity contribution in [3.8, 4) is 5.75 Å². The normalized spacial score (nSPS) is 13.0. The Morgan fingerprint density at radius 3 is 2.54 bits per heavy atom. The molecule has 0 aliphatic carbocycles. The molecule has 0 aliphatic rings. The first-order valence-corrected chi connectivity index (χ1v) is 9.80. The van der Waals surface area contributed by atoms with Crippen LogP contribution >= 0.6 is 19.6 Å². The van der Waals surface area contributed by atoms with Crippen molar-refractivity contribution >= 4 is 40.6 Å². The number of nitrogens with zero attached hydrogens (tertiary/aromatic N) is 2. The van der Waals surface area contributed by atoms with Gasteiger partial charge in [0, 0.05) is 5.69 Å². The van der Waals surface area contributed by atoms with Gasteiger partial charge in [-0.3, -0.25) is 14.0 Å². The summed E-state index contributed by atoms with van der Waals surface area (Å²) in [5, 5.41) is 0.549. The molecule has 9 heteroatoms. The third-order valence-electron chi connectivity index (χ3n) is 3.74. The van der Waals surface area contributed by atoms with E-state index in [4.69, 9.17) is 9.26 Å². The number of benzene rings is 2. The van der Waals surface area contributed by atoms with E-state index in [-0.39, 0.29) is 5.82 Å². The number of hydrogen-bond donors (Lipinski definition) is 1. The lowest BCUT2D eigenvalue weighted by molar-refractivity contribution is 0.110. The fourth-order valence-electron chi connectivity index (χ4n) is 2.62. The van der Waals surface area contributed by atoms with Crippen molar-refractivity contribution in [3.63, 3.8) is 0 Å². The van der Waals surface area contributed by atoms with E-state index in [0.29, 0.717) is 16.6 Å². The van der Waals surface area contributed by atoms with Crippen LogP contribution in [0.15, 0.2) is 42.5 Å². The first-order chi connectivity index (χ1) is 12.3. The van der Waals surface area contributed by atoms with Gasteiger partial charge in [0.25, 0.3) is 0 Å². The van der Waals surface area contributed by atoms with Crippen molar-refractivity contribution in [3.05, 3.63) is 48.3 Å². The van der Waals surface area contributed by atoms with E-state index >= 15 is 0 Å². The summed E-state index contributed by atoms with van der Waals surface area (Å²) in [7, 11) is -1.62. The summed E-state index contributed by atoms with van der Waals surface area (Å²) in [6.45, 7) is 3.31. The molecule has 0 radical (unpaired) electrons. The van der Waals surface area contributed by atoms with Crippen LogP contribution in [-0.4, -0.2) is 22.7 Å². The minimum Gasteiger partial charge on any atom is -0.497 e. The van der Waals surface area contributed by atoms with Gasteiger partial charge in [-0.05, 0) is 56.3 Å². The number of ether oxygens (including phenoxy) is 1. The largest absolute Gasteiger partial charge is 0.497 e. The molecule has 1 unspecified atom stereocenters. The lowest BCUT2D eigenvalue weighted by atomic mass is 10.2. The predicted octanol–water partition coefficient (Wildman–Crippen LogP) is 4.72. The molecule has 0 saturated heterocycles. The molecule has 1 N–H and O–H groups in total. The van der Waals surface area contributed by atoms with Crippen LogP contribution in [0, 0.1) is 5.82 Å². The molecule has 2 aromatic carbocycles. The third kappa shape index (κ3) is 3.88. The Morgan fingerprint density at radius 1 is 1.23 bits per heavy atom. The average molecular weight is 396 g/mol. The SMILES string of the molecule is COc1ccc2nc(N(c3ccc(F)cc3)C(C)(C)O[PH](=O)O)sc2c1. The second-order valence-corrected chi connectivity index (χ2v) is 7.70. The van der Waals surface area contributed by atoms with E-state index in [9.17, 15) is 13.8 Å². The Morgan fingerprint density at radius 2 is 1.92 bits per heavy atom. The van der Waals surface area contributed by atoms with Crippen molar-refractivity contribution in [2.24, 2.45) is 0 Å². The number of anilines is 2. The van der Waals surface area contributed by atoms with Crippen molar-refractivity contribution in [2.75, 3.05) is 12.0 Å². The molecule has 0 spiro atoms. The molecule has 0 amide bonds. The number of halogens is 1. The van der Waals surface area contributed by atoms with Crippen molar-refractivity contribution in [1.29, 1.82) is 0 Å². The van der Waals surface area contributed by atoms with Crippen LogP contribution in [-0.2, 0) is 9.09 Å². The maximum absolute atomic E-state index is 13.3. The van der Waals surface area contributed by atoms with Gasteiger partial charge in [-0.1, -0.05) is 11.3 Å². The van der Waals surface area contributed by atoms with E-state index in [2.05, 4.69) is 4.98 Å². The van der Waals surface area contributed by atoms with Crippen LogP contribution in [0.25, 0.3) is 10.2 Å². The zero-order chi connectivity index (χ0) is 18.9. The molecule has 0 saturated carbocycles. The van der Waals surface area contributed by atoms with E-state index < -0.39 is 14.0 Å². The van der Waals surface area contributed by atoms with E-state index in [1.54, 1.807) is 38.0 Å². The van der Waals surface area contributed by atoms with Gasteiger partial charge in [0.15, 0.2) is 10.9 Å². The summed E-state index contributed by atoms with van der Waals surface area (Å²) in [6, 6.07) is 11.3. The van der Waals surface area contributed by atoms with Crippen molar-refractivity contribution in [2.45, 2.75) is 19.6 Å². The van der Waals surface area contributed by atoms with E-state index in [1.165, 1.54) is 23.5 Å². The van der Waals surface area contributed by atoms with Gasteiger partial charge in [-0.15, -0.1) is 0 Å². The molecule has 138 valence electrons. The predicted molar refractivity (Wildman–Crippen MR) is 101 cm³/mol. The molecule has 1 atom stereocenters. The molecule has 26 heavy (non-hydrogen) atoms. The molecule has 3 rings (SSSR count). The molecule has 0 fully saturated rings. The summed E-state index contributed by atoms with van der Waals surface area (Å²) in [6.07, 6.45) is 0. The monoisotopic (exact) mass is 396 g/mol. The van der Waals surface area contributed by atoms with Gasteiger partial charge in [-0.25, -0.2) is 9.37 Å². The topological polar surface area (TPSA) is 71.9 Å². The number of rotatable bonds is 6. The summed E-state index contributed by atoms with van der Waals surface area (Å²) in [4.78, 5) is 15.6. The molecule has 0 aliphatic heterocycles. The van der Waals surface area contributed by atoms with Crippen LogP contribution < -0.4 is 9.64 Å². The molecular formula is C17H18FN2O4PS. The van der Waals surface area contributed by atoms with Crippen LogP contribution in [0.5, 0.6) is 5.75 Å². The molecule has 1 heterocycles. The Kier molecular flexibility index (Phi) is 5.29. The maximum atomic E-state index is 13.3. The van der Waals surface area contributed by atoms with Gasteiger partial charge in [0.2, 0.25) is 0 Å². The van der Waals surface area contributed by atoms with Crippen molar-refractivity contribution in [1.82, 2.24) is 4.98 Å². The summed E-state index contributed by atoms with van der Waals surface area (Å²) in [5.41, 5.74) is 0.164. The highest BCUT2D eigenvalue weighted by Crippen LogP contribution is 2.42. The zero-order valence-corrected chi connectivity index (χ0v) is 16.2. The second kappa shape index (κ2) is 7.32. The van der Waals surface area contributed by atoms with Crippen LogP contribution in [0.2, 0.25) is 0 Å². The Labute approximate surface area is 154 Å². The van der Waals surface area contributed by atoms with Crippen LogP contribution in [0.1, 0.15) is 13.8 Å². The van der Waals surface area contributed by atoms with Gasteiger partial charge >= 0.3 is 8.25 Å². The van der Waals surface area contributed by atoms with E-state index in [0.717, 1.165) is 10.2 Å². The quantitative estimate of drug-likeness (QED) is 0.480. The lowest BCUT2D eigenvalue weighted by Crippen LogP contribution is -2.41. The minimum absolute atomic E-state index is 0.378. The number of thiazole rings is 1. The van der Waals surface area contributed by atoms with Gasteiger partial charge in [0.05, 0.1) is 17.3 Å². The summed E-state index contributed by atoms with van der Waals surface area (Å²) < 4.78 is 36.1. The van der Waals surface area contributed by atoms with Gasteiger partial charge < -0.3 is 9.63 Å². The third-order valence-corrected chi connectivity index (χ3v) is 5.41. The summed E-state index contributed by atoms with van der Waals surface area (Å²) >= 11 is 1.38. The number of aromatic nitrogens is 1. The zero-order valence-electron chi connectivity index (χ0n) is 14.4. The molecule has 1 aromatic heterocycles. The minimum atomic E-state index is -3.21. The number of hydrogen-bond acceptors (Lipinski definition) is 6. The van der Waals surface area contributed by atoms with Crippen LogP contribution in [0.3, 0.4) is 0 Å². The lowest BCUT2D eigenvalue weighted by Gasteiger charge is -2.37. The Balaban J connectivity index is 2.13. The highest BCUT2D eigenvalue weighted by Gasteiger charge is 2.33. The fraction of sp³-hybridized carbons (Fsp3) is 0.235. The van der Waals surface area contributed by atoms with Crippen LogP contribution in [0.4, 0.5) is 15.2 Å². The first-order valence-electron chi connectivity index (χ1n) is 7.72. The first kappa shape index (κ1) is 18.8. The highest BCUT2D eigenvalue weighted by atomic mass is 32.1. The van der Waals surface area contributed by atoms with Gasteiger partial charge in [-0.2, -0.15) is 0 Å². The number of fused-ring (bicyclic) bond motifs is 1. The van der Waals surface area contributed by atoms with Crippen molar-refractivity contribution < 1.29 is 23.1 Å². The molecule has 3 aromatic rings. The summed E-state index contributed by atoms with van der Waals surface area (Å²) in [5.74, 6) is 0.328. The average Bonchev–Trinajstić information content (AvgIpc) is 2.97. The Hall–Kier alpha value is -1.99. The number of methoxy groups -OCH3 is 1. The smallest absolute Gasteiger partial charge is 0.318 e. The molecule has 0 bridgehead atoms. The second-order valence-electron chi connectivity index (χ2n) is 5.96. The maximum Gasteiger partial charge on any atom is 0.318 e. The Bertz CT molecular complexity index is 946. The standard InChI is InChI=1S/C17H18FN2O4PS/c1-17(2,24-25(21)22)20(12-6-4-11(18)5-7-12)16-19-14-9-8-13(23-3)10-15(14)26-16/h4-10,25H,1-3H3,(H,21,22). The van der Waals surface area contributed by atoms with Gasteiger partial charge in [0.1, 0.15) is 11.6 Å². The molecular weight excluding hydrogens is 378 g/mol.